The van der Waals surface area contributed by atoms with E-state index in [1.54, 1.807) is 18.2 Å². The summed E-state index contributed by atoms with van der Waals surface area (Å²) in [6.07, 6.45) is -0.646. The van der Waals surface area contributed by atoms with Crippen LogP contribution in [0.3, 0.4) is 0 Å². The lowest BCUT2D eigenvalue weighted by Gasteiger charge is -2.22. The molecule has 0 spiro atoms. The summed E-state index contributed by atoms with van der Waals surface area (Å²) < 4.78 is 22.0. The van der Waals surface area contributed by atoms with Crippen LogP contribution in [0.15, 0.2) is 54.6 Å². The van der Waals surface area contributed by atoms with Gasteiger partial charge in [-0.15, -0.1) is 0 Å². The van der Waals surface area contributed by atoms with Gasteiger partial charge >= 0.3 is 12.2 Å². The standard InChI is InChI=1S/C32H38N6O7/c1-20(34-30(40)45-32(2,3)4)18-43-28-10-6-9-24(35-28)22-8-5-7-21(15-22)16-33-14-13-23-17-38(31(41)44-23)26-12-11-25-29(36-26)37-27(39)19-42-25/h5-12,15,20,23,33H,13-14,16-19H2,1-4H3,(H,34,40)(H,36,37,39)/t20-,23?/m1/s1. The summed E-state index contributed by atoms with van der Waals surface area (Å²) in [6.45, 7) is 9.06. The molecule has 238 valence electrons. The first-order valence-electron chi connectivity index (χ1n) is 14.8. The lowest BCUT2D eigenvalue weighted by atomic mass is 10.1. The lowest BCUT2D eigenvalue weighted by molar-refractivity contribution is -0.118. The van der Waals surface area contributed by atoms with Crippen molar-refractivity contribution in [2.45, 2.75) is 58.4 Å². The van der Waals surface area contributed by atoms with Gasteiger partial charge in [-0.25, -0.2) is 19.6 Å². The fraction of sp³-hybridized carbons (Fsp3) is 0.406. The molecule has 1 saturated heterocycles. The van der Waals surface area contributed by atoms with Crippen LogP contribution in [0.2, 0.25) is 0 Å². The minimum absolute atomic E-state index is 0.0599. The average Bonchev–Trinajstić information content (AvgIpc) is 3.37. The normalized spacial score (nSPS) is 16.6. The van der Waals surface area contributed by atoms with Crippen LogP contribution in [0.25, 0.3) is 11.3 Å². The number of carbonyl (C=O) groups is 3. The van der Waals surface area contributed by atoms with Crippen molar-refractivity contribution in [2.75, 3.05) is 36.5 Å². The quantitative estimate of drug-likeness (QED) is 0.266. The molecule has 1 unspecified atom stereocenters. The van der Waals surface area contributed by atoms with Crippen LogP contribution in [0, 0.1) is 0 Å². The fourth-order valence-electron chi connectivity index (χ4n) is 4.72. The van der Waals surface area contributed by atoms with Gasteiger partial charge in [-0.2, -0.15) is 0 Å². The number of pyridine rings is 2. The van der Waals surface area contributed by atoms with Crippen LogP contribution in [0.5, 0.6) is 11.6 Å². The molecule has 3 aromatic rings. The lowest BCUT2D eigenvalue weighted by Crippen LogP contribution is -2.40. The van der Waals surface area contributed by atoms with Gasteiger partial charge in [-0.3, -0.25) is 9.69 Å². The van der Waals surface area contributed by atoms with Gasteiger partial charge in [0.15, 0.2) is 18.2 Å². The van der Waals surface area contributed by atoms with Gasteiger partial charge in [0.25, 0.3) is 5.91 Å². The number of alkyl carbamates (subject to hydrolysis) is 1. The number of hydrogen-bond acceptors (Lipinski definition) is 10. The second-order valence-electron chi connectivity index (χ2n) is 11.9. The number of benzene rings is 1. The topological polar surface area (TPSA) is 153 Å². The highest BCUT2D eigenvalue weighted by Gasteiger charge is 2.33. The summed E-state index contributed by atoms with van der Waals surface area (Å²) in [5.74, 6) is 1.32. The molecule has 2 atom stereocenters. The Morgan fingerprint density at radius 2 is 1.96 bits per heavy atom. The molecule has 45 heavy (non-hydrogen) atoms. The molecule has 2 aliphatic heterocycles. The first-order valence-corrected chi connectivity index (χ1v) is 14.8. The number of hydrogen-bond donors (Lipinski definition) is 3. The molecule has 1 fully saturated rings. The van der Waals surface area contributed by atoms with Crippen molar-refractivity contribution in [1.82, 2.24) is 20.6 Å². The summed E-state index contributed by atoms with van der Waals surface area (Å²) in [5, 5.41) is 8.83. The Kier molecular flexibility index (Phi) is 9.67. The number of fused-ring (bicyclic) bond motifs is 1. The number of nitrogens with zero attached hydrogens (tertiary/aromatic N) is 3. The van der Waals surface area contributed by atoms with Crippen molar-refractivity contribution in [3.8, 4) is 22.9 Å². The van der Waals surface area contributed by atoms with Crippen molar-refractivity contribution < 1.29 is 33.3 Å². The molecule has 0 bridgehead atoms. The monoisotopic (exact) mass is 618 g/mol. The first-order chi connectivity index (χ1) is 21.5. The van der Waals surface area contributed by atoms with Crippen LogP contribution < -0.4 is 30.3 Å². The van der Waals surface area contributed by atoms with Crippen LogP contribution >= 0.6 is 0 Å². The number of amides is 3. The second-order valence-corrected chi connectivity index (χ2v) is 11.9. The highest BCUT2D eigenvalue weighted by molar-refractivity contribution is 5.95. The molecule has 0 aliphatic carbocycles. The van der Waals surface area contributed by atoms with E-state index in [2.05, 4.69) is 32.0 Å². The predicted octanol–water partition coefficient (Wildman–Crippen LogP) is 4.27. The van der Waals surface area contributed by atoms with Gasteiger partial charge in [0.1, 0.15) is 24.1 Å². The van der Waals surface area contributed by atoms with Crippen LogP contribution in [-0.2, 0) is 20.8 Å². The zero-order valence-electron chi connectivity index (χ0n) is 25.8. The summed E-state index contributed by atoms with van der Waals surface area (Å²) in [7, 11) is 0. The van der Waals surface area contributed by atoms with E-state index >= 15 is 0 Å². The molecule has 5 rings (SSSR count). The number of aromatic nitrogens is 2. The summed E-state index contributed by atoms with van der Waals surface area (Å²) in [4.78, 5) is 46.6. The summed E-state index contributed by atoms with van der Waals surface area (Å²) in [6, 6.07) is 16.7. The maximum Gasteiger partial charge on any atom is 0.415 e. The van der Waals surface area contributed by atoms with Crippen LogP contribution in [0.1, 0.15) is 39.7 Å². The number of rotatable bonds is 11. The van der Waals surface area contributed by atoms with Crippen molar-refractivity contribution in [3.05, 3.63) is 60.2 Å². The summed E-state index contributed by atoms with van der Waals surface area (Å²) >= 11 is 0. The third-order valence-corrected chi connectivity index (χ3v) is 6.77. The Hall–Kier alpha value is -4.91. The molecule has 0 radical (unpaired) electrons. The Balaban J connectivity index is 1.08. The maximum atomic E-state index is 12.5. The molecule has 4 heterocycles. The molecule has 3 amide bonds. The van der Waals surface area contributed by atoms with E-state index in [4.69, 9.17) is 18.9 Å². The number of ether oxygens (including phenoxy) is 4. The van der Waals surface area contributed by atoms with Gasteiger partial charge in [0.2, 0.25) is 5.88 Å². The zero-order valence-corrected chi connectivity index (χ0v) is 25.8. The molecule has 0 saturated carbocycles. The first kappa shape index (κ1) is 31.5. The van der Waals surface area contributed by atoms with E-state index in [1.807, 2.05) is 58.0 Å². The highest BCUT2D eigenvalue weighted by Crippen LogP contribution is 2.30. The van der Waals surface area contributed by atoms with E-state index in [-0.39, 0.29) is 31.3 Å². The smallest absolute Gasteiger partial charge is 0.415 e. The number of anilines is 2. The molecule has 2 aromatic heterocycles. The van der Waals surface area contributed by atoms with E-state index in [0.717, 1.165) is 16.8 Å². The minimum Gasteiger partial charge on any atom is -0.480 e. The third kappa shape index (κ3) is 8.82. The van der Waals surface area contributed by atoms with Crippen molar-refractivity contribution >= 4 is 29.7 Å². The van der Waals surface area contributed by atoms with E-state index < -0.39 is 17.8 Å². The molecule has 3 N–H and O–H groups in total. The summed E-state index contributed by atoms with van der Waals surface area (Å²) in [5.41, 5.74) is 2.21. The predicted molar refractivity (Wildman–Crippen MR) is 166 cm³/mol. The number of nitrogens with one attached hydrogen (secondary N) is 3. The van der Waals surface area contributed by atoms with Crippen molar-refractivity contribution in [1.29, 1.82) is 0 Å². The van der Waals surface area contributed by atoms with Gasteiger partial charge in [-0.1, -0.05) is 24.3 Å². The molecule has 13 nitrogen and oxygen atoms in total. The fourth-order valence-corrected chi connectivity index (χ4v) is 4.72. The zero-order chi connectivity index (χ0) is 32.0. The SMILES string of the molecule is C[C@H](COc1cccc(-c2cccc(CNCCC3CN(c4ccc5c(n4)NC(=O)CO5)C(=O)O3)c2)n1)NC(=O)OC(C)(C)C. The largest absolute Gasteiger partial charge is 0.480 e. The minimum atomic E-state index is -0.572. The highest BCUT2D eigenvalue weighted by atomic mass is 16.6. The molecular weight excluding hydrogens is 580 g/mol. The van der Waals surface area contributed by atoms with Gasteiger partial charge in [0.05, 0.1) is 18.3 Å². The van der Waals surface area contributed by atoms with Crippen molar-refractivity contribution in [2.24, 2.45) is 0 Å². The third-order valence-electron chi connectivity index (χ3n) is 6.77. The average molecular weight is 619 g/mol. The van der Waals surface area contributed by atoms with E-state index in [0.29, 0.717) is 49.3 Å². The molecule has 2 aliphatic rings. The van der Waals surface area contributed by atoms with E-state index in [1.165, 1.54) is 4.90 Å². The van der Waals surface area contributed by atoms with E-state index in [9.17, 15) is 14.4 Å². The second kappa shape index (κ2) is 13.8. The Morgan fingerprint density at radius 3 is 2.78 bits per heavy atom. The Bertz CT molecular complexity index is 1540. The van der Waals surface area contributed by atoms with Gasteiger partial charge < -0.3 is 34.9 Å². The Morgan fingerprint density at radius 1 is 1.13 bits per heavy atom. The maximum absolute atomic E-state index is 12.5. The van der Waals surface area contributed by atoms with Crippen molar-refractivity contribution in [3.63, 3.8) is 0 Å². The molecule has 13 heteroatoms. The number of carbonyl (C=O) groups excluding carboxylic acids is 3. The van der Waals surface area contributed by atoms with Gasteiger partial charge in [-0.05, 0) is 70.5 Å². The Labute approximate surface area is 261 Å². The molecule has 1 aromatic carbocycles. The van der Waals surface area contributed by atoms with Crippen LogP contribution in [-0.4, -0.2) is 72.1 Å². The van der Waals surface area contributed by atoms with Crippen LogP contribution in [0.4, 0.5) is 21.2 Å². The number of cyclic esters (lactones) is 1. The molecular formula is C32H38N6O7. The van der Waals surface area contributed by atoms with Gasteiger partial charge in [0, 0.05) is 18.2 Å².